The first-order valence-corrected chi connectivity index (χ1v) is 4.99. The van der Waals surface area contributed by atoms with Gasteiger partial charge in [-0.15, -0.1) is 0 Å². The highest BCUT2D eigenvalue weighted by molar-refractivity contribution is 5.87. The second kappa shape index (κ2) is 6.02. The second-order valence-electron chi connectivity index (χ2n) is 3.22. The Labute approximate surface area is 93.7 Å². The fourth-order valence-corrected chi connectivity index (χ4v) is 1.02. The molecule has 1 atom stereocenters. The number of rotatable bonds is 5. The number of aliphatic hydroxyl groups is 1. The summed E-state index contributed by atoms with van der Waals surface area (Å²) >= 11 is 0. The maximum atomic E-state index is 11.2. The Hall–Kier alpha value is -1.69. The Morgan fingerprint density at radius 1 is 1.62 bits per heavy atom. The summed E-state index contributed by atoms with van der Waals surface area (Å²) in [6, 6.07) is 0. The Morgan fingerprint density at radius 2 is 2.38 bits per heavy atom. The zero-order chi connectivity index (χ0) is 12.0. The van der Waals surface area contributed by atoms with E-state index in [0.29, 0.717) is 18.8 Å². The van der Waals surface area contributed by atoms with Gasteiger partial charge in [-0.3, -0.25) is 4.98 Å². The van der Waals surface area contributed by atoms with Gasteiger partial charge in [-0.25, -0.2) is 9.78 Å². The first-order chi connectivity index (χ1) is 7.67. The van der Waals surface area contributed by atoms with Gasteiger partial charge in [-0.1, -0.05) is 6.92 Å². The van der Waals surface area contributed by atoms with Crippen molar-refractivity contribution in [2.45, 2.75) is 19.4 Å². The lowest BCUT2D eigenvalue weighted by molar-refractivity contribution is 0.0593. The van der Waals surface area contributed by atoms with Crippen LogP contribution in [-0.2, 0) is 4.74 Å². The summed E-state index contributed by atoms with van der Waals surface area (Å²) in [5, 5.41) is 12.2. The van der Waals surface area contributed by atoms with Crippen molar-refractivity contribution in [3.05, 3.63) is 18.1 Å². The molecule has 1 rings (SSSR count). The van der Waals surface area contributed by atoms with Gasteiger partial charge >= 0.3 is 5.97 Å². The fourth-order valence-electron chi connectivity index (χ4n) is 1.02. The van der Waals surface area contributed by atoms with Gasteiger partial charge in [0, 0.05) is 6.54 Å². The van der Waals surface area contributed by atoms with Crippen molar-refractivity contribution >= 4 is 11.8 Å². The topological polar surface area (TPSA) is 84.3 Å². The van der Waals surface area contributed by atoms with Gasteiger partial charge in [0.2, 0.25) is 0 Å². The van der Waals surface area contributed by atoms with E-state index in [4.69, 9.17) is 0 Å². The third kappa shape index (κ3) is 3.47. The molecule has 1 heterocycles. The predicted molar refractivity (Wildman–Crippen MR) is 58.2 cm³/mol. The van der Waals surface area contributed by atoms with E-state index in [2.05, 4.69) is 20.0 Å². The Balaban J connectivity index is 2.64. The van der Waals surface area contributed by atoms with E-state index < -0.39 is 12.1 Å². The Morgan fingerprint density at radius 3 is 3.00 bits per heavy atom. The van der Waals surface area contributed by atoms with E-state index in [1.807, 2.05) is 6.92 Å². The van der Waals surface area contributed by atoms with E-state index in [1.54, 1.807) is 0 Å². The molecule has 0 aliphatic heterocycles. The molecule has 0 aromatic carbocycles. The molecule has 0 fully saturated rings. The van der Waals surface area contributed by atoms with Crippen LogP contribution >= 0.6 is 0 Å². The molecule has 16 heavy (non-hydrogen) atoms. The number of ether oxygens (including phenoxy) is 1. The molecular formula is C10H15N3O3. The number of hydrogen-bond acceptors (Lipinski definition) is 6. The van der Waals surface area contributed by atoms with Crippen LogP contribution < -0.4 is 5.32 Å². The van der Waals surface area contributed by atoms with Crippen LogP contribution in [0.5, 0.6) is 0 Å². The minimum Gasteiger partial charge on any atom is -0.464 e. The van der Waals surface area contributed by atoms with Crippen molar-refractivity contribution in [3.63, 3.8) is 0 Å². The number of aromatic nitrogens is 2. The maximum Gasteiger partial charge on any atom is 0.358 e. The third-order valence-electron chi connectivity index (χ3n) is 2.02. The van der Waals surface area contributed by atoms with E-state index in [-0.39, 0.29) is 5.69 Å². The lowest BCUT2D eigenvalue weighted by Crippen LogP contribution is -2.19. The third-order valence-corrected chi connectivity index (χ3v) is 2.02. The number of carbonyl (C=O) groups is 1. The maximum absolute atomic E-state index is 11.2. The molecule has 0 aliphatic rings. The molecule has 0 spiro atoms. The molecule has 0 amide bonds. The summed E-state index contributed by atoms with van der Waals surface area (Å²) in [6.45, 7) is 2.25. The number of hydrogen-bond donors (Lipinski definition) is 2. The molecule has 2 N–H and O–H groups in total. The van der Waals surface area contributed by atoms with Crippen molar-refractivity contribution in [3.8, 4) is 0 Å². The summed E-state index contributed by atoms with van der Waals surface area (Å²) in [4.78, 5) is 19.0. The number of anilines is 1. The predicted octanol–water partition coefficient (Wildman–Crippen LogP) is 0.446. The average Bonchev–Trinajstić information content (AvgIpc) is 2.35. The molecule has 1 unspecified atom stereocenters. The SMILES string of the molecule is CCC(O)CNc1cncc(C(=O)OC)n1. The van der Waals surface area contributed by atoms with Crippen LogP contribution in [0, 0.1) is 0 Å². The summed E-state index contributed by atoms with van der Waals surface area (Å²) < 4.78 is 4.52. The lowest BCUT2D eigenvalue weighted by Gasteiger charge is -2.09. The van der Waals surface area contributed by atoms with E-state index in [9.17, 15) is 9.90 Å². The number of esters is 1. The molecule has 6 nitrogen and oxygen atoms in total. The van der Waals surface area contributed by atoms with Crippen molar-refractivity contribution in [1.82, 2.24) is 9.97 Å². The van der Waals surface area contributed by atoms with Gasteiger partial charge in [-0.2, -0.15) is 0 Å². The van der Waals surface area contributed by atoms with Crippen LogP contribution in [0.15, 0.2) is 12.4 Å². The molecule has 1 aromatic rings. The second-order valence-corrected chi connectivity index (χ2v) is 3.22. The molecule has 88 valence electrons. The van der Waals surface area contributed by atoms with Crippen molar-refractivity contribution in [2.75, 3.05) is 19.0 Å². The standard InChI is InChI=1S/C10H15N3O3/c1-3-7(14)4-12-9-6-11-5-8(13-9)10(15)16-2/h5-7,14H,3-4H2,1-2H3,(H,12,13). The van der Waals surface area contributed by atoms with Gasteiger partial charge < -0.3 is 15.2 Å². The molecule has 0 aliphatic carbocycles. The van der Waals surface area contributed by atoms with Crippen LogP contribution in [0.4, 0.5) is 5.82 Å². The smallest absolute Gasteiger partial charge is 0.358 e. The summed E-state index contributed by atoms with van der Waals surface area (Å²) in [6.07, 6.45) is 3.02. The zero-order valence-corrected chi connectivity index (χ0v) is 9.30. The van der Waals surface area contributed by atoms with Gasteiger partial charge in [0.25, 0.3) is 0 Å². The number of carbonyl (C=O) groups excluding carboxylic acids is 1. The number of methoxy groups -OCH3 is 1. The van der Waals surface area contributed by atoms with Gasteiger partial charge in [0.05, 0.1) is 25.6 Å². The monoisotopic (exact) mass is 225 g/mol. The number of nitrogens with one attached hydrogen (secondary N) is 1. The minimum atomic E-state index is -0.535. The largest absolute Gasteiger partial charge is 0.464 e. The van der Waals surface area contributed by atoms with E-state index in [1.165, 1.54) is 19.5 Å². The Kier molecular flexibility index (Phi) is 4.65. The van der Waals surface area contributed by atoms with Crippen molar-refractivity contribution in [2.24, 2.45) is 0 Å². The summed E-state index contributed by atoms with van der Waals surface area (Å²) in [5.74, 6) is -0.0948. The van der Waals surface area contributed by atoms with E-state index >= 15 is 0 Å². The Bertz CT molecular complexity index is 357. The van der Waals surface area contributed by atoms with Crippen LogP contribution in [0.3, 0.4) is 0 Å². The summed E-state index contributed by atoms with van der Waals surface area (Å²) in [7, 11) is 1.28. The number of aliphatic hydroxyl groups excluding tert-OH is 1. The number of nitrogens with zero attached hydrogens (tertiary/aromatic N) is 2. The van der Waals surface area contributed by atoms with Gasteiger partial charge in [-0.05, 0) is 6.42 Å². The highest BCUT2D eigenvalue weighted by Crippen LogP contribution is 2.03. The van der Waals surface area contributed by atoms with Crippen LogP contribution in [0.25, 0.3) is 0 Å². The molecule has 1 aromatic heterocycles. The van der Waals surface area contributed by atoms with Gasteiger partial charge in [0.1, 0.15) is 5.82 Å². The molecule has 0 radical (unpaired) electrons. The normalized spacial score (nSPS) is 11.9. The highest BCUT2D eigenvalue weighted by Gasteiger charge is 2.08. The average molecular weight is 225 g/mol. The first kappa shape index (κ1) is 12.4. The zero-order valence-electron chi connectivity index (χ0n) is 9.30. The van der Waals surface area contributed by atoms with Gasteiger partial charge in [0.15, 0.2) is 5.69 Å². The molecule has 0 saturated carbocycles. The van der Waals surface area contributed by atoms with Crippen molar-refractivity contribution in [1.29, 1.82) is 0 Å². The molecule has 0 saturated heterocycles. The first-order valence-electron chi connectivity index (χ1n) is 4.99. The van der Waals surface area contributed by atoms with E-state index in [0.717, 1.165) is 0 Å². The molecule has 0 bridgehead atoms. The molecule has 6 heteroatoms. The molecular weight excluding hydrogens is 210 g/mol. The van der Waals surface area contributed by atoms with Crippen LogP contribution in [0.1, 0.15) is 23.8 Å². The van der Waals surface area contributed by atoms with Crippen LogP contribution in [-0.4, -0.2) is 40.8 Å². The van der Waals surface area contributed by atoms with Crippen molar-refractivity contribution < 1.29 is 14.6 Å². The fraction of sp³-hybridized carbons (Fsp3) is 0.500. The quantitative estimate of drug-likeness (QED) is 0.708. The minimum absolute atomic E-state index is 0.137. The van der Waals surface area contributed by atoms with Crippen LogP contribution in [0.2, 0.25) is 0 Å². The summed E-state index contributed by atoms with van der Waals surface area (Å²) in [5.41, 5.74) is 0.137. The lowest BCUT2D eigenvalue weighted by atomic mass is 10.3. The highest BCUT2D eigenvalue weighted by atomic mass is 16.5.